The Morgan fingerprint density at radius 3 is 2.29 bits per heavy atom. The number of nitrogens with zero attached hydrogens (tertiary/aromatic N) is 1. The third-order valence-corrected chi connectivity index (χ3v) is 3.30. The van der Waals surface area contributed by atoms with Gasteiger partial charge in [0.05, 0.1) is 6.10 Å². The molecule has 24 heavy (non-hydrogen) atoms. The first-order valence-corrected chi connectivity index (χ1v) is 7.92. The number of anilines is 1. The summed E-state index contributed by atoms with van der Waals surface area (Å²) in [7, 11) is 0. The molecule has 0 aliphatic carbocycles. The first-order chi connectivity index (χ1) is 11.0. The molecule has 0 saturated heterocycles. The number of hydrogen-bond acceptors (Lipinski definition) is 2. The molecule has 0 heterocycles. The van der Waals surface area contributed by atoms with Gasteiger partial charge in [0, 0.05) is 12.2 Å². The standard InChI is InChI=1S/C19H25N3O.HI/c1-14(2)23-18-10-6-16(7-11-18)12-13-21-19(20)22-17-8-4-15(3)5-9-17;/h4-11,14H,12-13H2,1-3H3,(H3,20,21,22);1H. The molecular formula is C19H26IN3O. The predicted molar refractivity (Wildman–Crippen MR) is 113 cm³/mol. The molecule has 0 unspecified atom stereocenters. The number of halogens is 1. The molecule has 2 aromatic rings. The van der Waals surface area contributed by atoms with E-state index in [4.69, 9.17) is 10.5 Å². The van der Waals surface area contributed by atoms with Crippen LogP contribution in [-0.2, 0) is 6.42 Å². The average molecular weight is 439 g/mol. The number of ether oxygens (including phenoxy) is 1. The molecule has 0 bridgehead atoms. The maximum atomic E-state index is 5.91. The quantitative estimate of drug-likeness (QED) is 0.399. The third kappa shape index (κ3) is 7.21. The minimum atomic E-state index is 0. The molecule has 0 aliphatic rings. The number of nitrogens with two attached hydrogens (primary N) is 1. The number of nitrogens with one attached hydrogen (secondary N) is 1. The van der Waals surface area contributed by atoms with Gasteiger partial charge in [-0.05, 0) is 57.0 Å². The Kier molecular flexibility index (Phi) is 8.60. The van der Waals surface area contributed by atoms with E-state index in [1.54, 1.807) is 0 Å². The molecule has 0 spiro atoms. The molecular weight excluding hydrogens is 413 g/mol. The molecule has 0 atom stereocenters. The van der Waals surface area contributed by atoms with Crippen molar-refractivity contribution in [1.82, 2.24) is 0 Å². The van der Waals surface area contributed by atoms with Crippen molar-refractivity contribution in [1.29, 1.82) is 0 Å². The molecule has 4 nitrogen and oxygen atoms in total. The van der Waals surface area contributed by atoms with Gasteiger partial charge in [-0.2, -0.15) is 0 Å². The highest BCUT2D eigenvalue weighted by molar-refractivity contribution is 14.0. The van der Waals surface area contributed by atoms with Crippen molar-refractivity contribution in [3.05, 3.63) is 59.7 Å². The van der Waals surface area contributed by atoms with Crippen molar-refractivity contribution < 1.29 is 4.74 Å². The molecule has 0 aromatic heterocycles. The van der Waals surface area contributed by atoms with E-state index in [1.807, 2.05) is 50.2 Å². The smallest absolute Gasteiger partial charge is 0.193 e. The van der Waals surface area contributed by atoms with Crippen molar-refractivity contribution in [2.24, 2.45) is 10.7 Å². The summed E-state index contributed by atoms with van der Waals surface area (Å²) in [5, 5.41) is 3.09. The summed E-state index contributed by atoms with van der Waals surface area (Å²) < 4.78 is 5.63. The van der Waals surface area contributed by atoms with E-state index in [1.165, 1.54) is 11.1 Å². The second-order valence-electron chi connectivity index (χ2n) is 5.82. The SMILES string of the molecule is Cc1ccc(NC(N)=NCCc2ccc(OC(C)C)cc2)cc1.I. The maximum absolute atomic E-state index is 5.91. The van der Waals surface area contributed by atoms with Crippen LogP contribution in [-0.4, -0.2) is 18.6 Å². The van der Waals surface area contributed by atoms with Crippen LogP contribution in [0.15, 0.2) is 53.5 Å². The van der Waals surface area contributed by atoms with E-state index in [2.05, 4.69) is 29.4 Å². The molecule has 2 aromatic carbocycles. The zero-order valence-electron chi connectivity index (χ0n) is 14.5. The monoisotopic (exact) mass is 439 g/mol. The first-order valence-electron chi connectivity index (χ1n) is 7.92. The normalized spacial score (nSPS) is 11.1. The van der Waals surface area contributed by atoms with Gasteiger partial charge in [0.25, 0.3) is 0 Å². The van der Waals surface area contributed by atoms with Gasteiger partial charge < -0.3 is 15.8 Å². The first kappa shape index (κ1) is 20.3. The van der Waals surface area contributed by atoms with Crippen LogP contribution < -0.4 is 15.8 Å². The predicted octanol–water partition coefficient (Wildman–Crippen LogP) is 4.37. The van der Waals surface area contributed by atoms with Gasteiger partial charge in [-0.15, -0.1) is 24.0 Å². The summed E-state index contributed by atoms with van der Waals surface area (Å²) in [4.78, 5) is 4.36. The largest absolute Gasteiger partial charge is 0.491 e. The van der Waals surface area contributed by atoms with Crippen molar-refractivity contribution in [3.63, 3.8) is 0 Å². The van der Waals surface area contributed by atoms with Gasteiger partial charge in [0.15, 0.2) is 5.96 Å². The van der Waals surface area contributed by atoms with E-state index >= 15 is 0 Å². The lowest BCUT2D eigenvalue weighted by Crippen LogP contribution is -2.23. The lowest BCUT2D eigenvalue weighted by atomic mass is 10.1. The Morgan fingerprint density at radius 1 is 1.08 bits per heavy atom. The lowest BCUT2D eigenvalue weighted by Gasteiger charge is -2.10. The van der Waals surface area contributed by atoms with E-state index in [0.717, 1.165) is 17.9 Å². The van der Waals surface area contributed by atoms with Gasteiger partial charge in [-0.3, -0.25) is 4.99 Å². The number of aryl methyl sites for hydroxylation is 1. The van der Waals surface area contributed by atoms with Crippen LogP contribution in [0.5, 0.6) is 5.75 Å². The Morgan fingerprint density at radius 2 is 1.71 bits per heavy atom. The maximum Gasteiger partial charge on any atom is 0.193 e. The molecule has 5 heteroatoms. The fourth-order valence-electron chi connectivity index (χ4n) is 2.14. The number of aliphatic imine (C=N–C) groups is 1. The van der Waals surface area contributed by atoms with Crippen LogP contribution in [0.25, 0.3) is 0 Å². The number of benzene rings is 2. The van der Waals surface area contributed by atoms with E-state index in [-0.39, 0.29) is 30.1 Å². The van der Waals surface area contributed by atoms with Crippen molar-refractivity contribution >= 4 is 35.6 Å². The summed E-state index contributed by atoms with van der Waals surface area (Å²) in [5.74, 6) is 1.33. The van der Waals surface area contributed by atoms with E-state index in [0.29, 0.717) is 12.5 Å². The zero-order chi connectivity index (χ0) is 16.7. The summed E-state index contributed by atoms with van der Waals surface area (Å²) >= 11 is 0. The fraction of sp³-hybridized carbons (Fsp3) is 0.316. The van der Waals surface area contributed by atoms with Crippen molar-refractivity contribution in [2.75, 3.05) is 11.9 Å². The van der Waals surface area contributed by atoms with Crippen LogP contribution in [0.2, 0.25) is 0 Å². The molecule has 0 radical (unpaired) electrons. The molecule has 0 amide bonds. The average Bonchev–Trinajstić information content (AvgIpc) is 2.51. The van der Waals surface area contributed by atoms with Gasteiger partial charge in [-0.25, -0.2) is 0 Å². The number of guanidine groups is 1. The summed E-state index contributed by atoms with van der Waals surface area (Å²) in [6.07, 6.45) is 1.04. The number of rotatable bonds is 6. The molecule has 0 saturated carbocycles. The third-order valence-electron chi connectivity index (χ3n) is 3.30. The van der Waals surface area contributed by atoms with Crippen LogP contribution >= 0.6 is 24.0 Å². The highest BCUT2D eigenvalue weighted by Crippen LogP contribution is 2.14. The Balaban J connectivity index is 0.00000288. The molecule has 130 valence electrons. The summed E-state index contributed by atoms with van der Waals surface area (Å²) in [6.45, 7) is 6.74. The lowest BCUT2D eigenvalue weighted by molar-refractivity contribution is 0.242. The van der Waals surface area contributed by atoms with Gasteiger partial charge >= 0.3 is 0 Å². The molecule has 3 N–H and O–H groups in total. The van der Waals surface area contributed by atoms with Crippen molar-refractivity contribution in [3.8, 4) is 5.75 Å². The topological polar surface area (TPSA) is 59.6 Å². The molecule has 2 rings (SSSR count). The summed E-state index contributed by atoms with van der Waals surface area (Å²) in [5.41, 5.74) is 9.29. The fourth-order valence-corrected chi connectivity index (χ4v) is 2.14. The van der Waals surface area contributed by atoms with Crippen LogP contribution in [0.3, 0.4) is 0 Å². The molecule has 0 fully saturated rings. The van der Waals surface area contributed by atoms with E-state index in [9.17, 15) is 0 Å². The Hall–Kier alpha value is -1.76. The highest BCUT2D eigenvalue weighted by atomic mass is 127. The van der Waals surface area contributed by atoms with Crippen LogP contribution in [0.4, 0.5) is 5.69 Å². The second kappa shape index (κ2) is 10.2. The van der Waals surface area contributed by atoms with Gasteiger partial charge in [0.1, 0.15) is 5.75 Å². The van der Waals surface area contributed by atoms with Crippen LogP contribution in [0, 0.1) is 6.92 Å². The Bertz CT molecular complexity index is 637. The zero-order valence-corrected chi connectivity index (χ0v) is 16.8. The van der Waals surface area contributed by atoms with Gasteiger partial charge in [0.2, 0.25) is 0 Å². The Labute approximate surface area is 161 Å². The van der Waals surface area contributed by atoms with E-state index < -0.39 is 0 Å². The minimum absolute atomic E-state index is 0. The van der Waals surface area contributed by atoms with Crippen LogP contribution in [0.1, 0.15) is 25.0 Å². The molecule has 0 aliphatic heterocycles. The minimum Gasteiger partial charge on any atom is -0.491 e. The van der Waals surface area contributed by atoms with Crippen molar-refractivity contribution in [2.45, 2.75) is 33.3 Å². The van der Waals surface area contributed by atoms with Gasteiger partial charge in [-0.1, -0.05) is 29.8 Å². The highest BCUT2D eigenvalue weighted by Gasteiger charge is 1.99. The number of hydrogen-bond donors (Lipinski definition) is 2. The summed E-state index contributed by atoms with van der Waals surface area (Å²) in [6, 6.07) is 16.2. The second-order valence-corrected chi connectivity index (χ2v) is 5.82.